The van der Waals surface area contributed by atoms with Gasteiger partial charge in [0, 0.05) is 48.8 Å². The Morgan fingerprint density at radius 1 is 1.19 bits per heavy atom. The Morgan fingerprint density at radius 3 is 2.58 bits per heavy atom. The molecule has 0 radical (unpaired) electrons. The van der Waals surface area contributed by atoms with Crippen LogP contribution in [0.5, 0.6) is 0 Å². The molecule has 1 saturated carbocycles. The van der Waals surface area contributed by atoms with Gasteiger partial charge in [0.05, 0.1) is 41.0 Å². The summed E-state index contributed by atoms with van der Waals surface area (Å²) in [5, 5.41) is 33.8. The quantitative estimate of drug-likeness (QED) is 0.118. The first-order valence-corrected chi connectivity index (χ1v) is 19.4. The molecule has 1 aromatic carbocycles. The van der Waals surface area contributed by atoms with E-state index in [1.807, 2.05) is 0 Å². The van der Waals surface area contributed by atoms with E-state index >= 15 is 8.78 Å². The van der Waals surface area contributed by atoms with E-state index in [0.717, 1.165) is 23.6 Å². The number of benzene rings is 1. The van der Waals surface area contributed by atoms with E-state index in [2.05, 4.69) is 20.6 Å². The highest BCUT2D eigenvalue weighted by atomic mass is 32.2. The molecule has 1 aliphatic carbocycles. The number of nitrogen functional groups attached to an aromatic ring is 1. The largest absolute Gasteiger partial charge is 0.477 e. The van der Waals surface area contributed by atoms with Crippen LogP contribution in [-0.4, -0.2) is 122 Å². The van der Waals surface area contributed by atoms with Gasteiger partial charge in [-0.05, 0) is 24.5 Å². The van der Waals surface area contributed by atoms with Crippen LogP contribution in [0, 0.1) is 11.6 Å². The summed E-state index contributed by atoms with van der Waals surface area (Å²) in [4.78, 5) is 62.0. The highest BCUT2D eigenvalue weighted by molar-refractivity contribution is 8.12. The fraction of sp³-hybridized carbons (Fsp3) is 0.406. The van der Waals surface area contributed by atoms with Crippen LogP contribution in [0.3, 0.4) is 0 Å². The van der Waals surface area contributed by atoms with Crippen LogP contribution in [0.15, 0.2) is 44.0 Å². The minimum Gasteiger partial charge on any atom is -0.477 e. The number of hydrazone groups is 1. The summed E-state index contributed by atoms with van der Waals surface area (Å²) >= 11 is 4.00. The highest BCUT2D eigenvalue weighted by Crippen LogP contribution is 2.41. The number of nitrogens with two attached hydrogens (primary N) is 1. The molecule has 0 spiro atoms. The Kier molecular flexibility index (Phi) is 10.2. The molecule has 3 fully saturated rings. The average Bonchev–Trinajstić information content (AvgIpc) is 3.87. The highest BCUT2D eigenvalue weighted by Gasteiger charge is 2.47. The lowest BCUT2D eigenvalue weighted by molar-refractivity contribution is -0.135. The van der Waals surface area contributed by atoms with Crippen molar-refractivity contribution in [2.24, 2.45) is 10.3 Å². The SMILES string of the molecule is CON=C(C(=O)N[C@@H]1CN2C(C(=O)O)=C(CSC=NN3CCN(c4c(F)cc5c(=O)c(C(=O)O)cn(C6CC6)c5c4F)CC3)CS[C@H]12)c1csc(N)n1. The van der Waals surface area contributed by atoms with Crippen molar-refractivity contribution < 1.29 is 38.2 Å². The van der Waals surface area contributed by atoms with Crippen molar-refractivity contribution in [3.8, 4) is 0 Å². The molecule has 3 aromatic rings. The first-order valence-electron chi connectivity index (χ1n) is 16.4. The van der Waals surface area contributed by atoms with Crippen LogP contribution >= 0.6 is 34.9 Å². The number of hydrogen-bond donors (Lipinski definition) is 4. The molecule has 7 rings (SSSR count). The molecular formula is C32H33F2N9O7S3. The smallest absolute Gasteiger partial charge is 0.352 e. The number of oxime groups is 1. The Bertz CT molecular complexity index is 2150. The van der Waals surface area contributed by atoms with Gasteiger partial charge in [0.25, 0.3) is 5.91 Å². The first kappa shape index (κ1) is 36.5. The number of anilines is 2. The van der Waals surface area contributed by atoms with Crippen LogP contribution in [0.25, 0.3) is 10.9 Å². The van der Waals surface area contributed by atoms with Crippen molar-refractivity contribution in [1.29, 1.82) is 0 Å². The molecule has 280 valence electrons. The van der Waals surface area contributed by atoms with Gasteiger partial charge in [-0.25, -0.2) is 23.4 Å². The Balaban J connectivity index is 0.956. The minimum absolute atomic E-state index is 0.0300. The van der Waals surface area contributed by atoms with Gasteiger partial charge in [-0.1, -0.05) is 5.16 Å². The molecule has 0 unspecified atom stereocenters. The lowest BCUT2D eigenvalue weighted by Crippen LogP contribution is -2.67. The average molecular weight is 790 g/mol. The number of rotatable bonds is 12. The molecule has 3 aliphatic heterocycles. The number of halogens is 2. The first-order chi connectivity index (χ1) is 25.5. The zero-order chi connectivity index (χ0) is 37.6. The van der Waals surface area contributed by atoms with Gasteiger partial charge >= 0.3 is 11.9 Å². The van der Waals surface area contributed by atoms with Gasteiger partial charge in [0.1, 0.15) is 35.6 Å². The van der Waals surface area contributed by atoms with Crippen LogP contribution in [0.4, 0.5) is 19.6 Å². The number of thiazole rings is 1. The molecule has 5 heterocycles. The number of hydrogen-bond acceptors (Lipinski definition) is 15. The van der Waals surface area contributed by atoms with Crippen LogP contribution < -0.4 is 21.4 Å². The van der Waals surface area contributed by atoms with Crippen LogP contribution in [0.2, 0.25) is 0 Å². The van der Waals surface area contributed by atoms with Gasteiger partial charge in [-0.2, -0.15) is 5.10 Å². The second-order valence-corrected chi connectivity index (χ2v) is 15.4. The maximum absolute atomic E-state index is 16.0. The number of fused-ring (bicyclic) bond motifs is 2. The van der Waals surface area contributed by atoms with Gasteiger partial charge < -0.3 is 40.5 Å². The van der Waals surface area contributed by atoms with Crippen LogP contribution in [-0.2, 0) is 14.4 Å². The normalized spacial score (nSPS) is 20.5. The summed E-state index contributed by atoms with van der Waals surface area (Å²) in [5.41, 5.74) is 6.65. The van der Waals surface area contributed by atoms with Crippen LogP contribution in [0.1, 0.15) is 34.9 Å². The van der Waals surface area contributed by atoms with Crippen molar-refractivity contribution in [1.82, 2.24) is 24.8 Å². The van der Waals surface area contributed by atoms with Crippen molar-refractivity contribution in [3.05, 3.63) is 62.0 Å². The molecule has 4 aliphatic rings. The zero-order valence-electron chi connectivity index (χ0n) is 28.0. The zero-order valence-corrected chi connectivity index (χ0v) is 30.5. The molecule has 2 aromatic heterocycles. The lowest BCUT2D eigenvalue weighted by atomic mass is 10.0. The van der Waals surface area contributed by atoms with E-state index in [4.69, 9.17) is 10.6 Å². The standard InChI is InChI=1S/C32H33F2N9O7S3/c1-50-39-23(21-13-53-32(35)38-21)28(45)37-20-10-43-24(31(48)49)15(12-52-29(20)43)11-51-14-36-41-6-4-40(5-7-41)26-19(33)8-17-25(22(26)34)42(16-2-3-16)9-18(27(17)44)30(46)47/h8-9,13-14,16,20,29H,2-7,10-12H2,1H3,(H2,35,38)(H,37,45)(H,46,47)(H,48,49)/t20-,29-/m1/s1. The third kappa shape index (κ3) is 7.11. The van der Waals surface area contributed by atoms with E-state index < -0.39 is 40.5 Å². The van der Waals surface area contributed by atoms with E-state index in [9.17, 15) is 29.4 Å². The van der Waals surface area contributed by atoms with Gasteiger partial charge in [0.15, 0.2) is 16.7 Å². The summed E-state index contributed by atoms with van der Waals surface area (Å²) in [7, 11) is 1.31. The predicted octanol–water partition coefficient (Wildman–Crippen LogP) is 2.41. The minimum atomic E-state index is -1.45. The number of thioether (sulfide) groups is 2. The number of carbonyl (C=O) groups is 3. The van der Waals surface area contributed by atoms with E-state index in [1.165, 1.54) is 35.2 Å². The van der Waals surface area contributed by atoms with E-state index in [1.54, 1.807) is 25.7 Å². The number of carbonyl (C=O) groups excluding carboxylic acids is 1. The molecule has 1 amide bonds. The molecule has 21 heteroatoms. The van der Waals surface area contributed by atoms with E-state index in [-0.39, 0.29) is 75.9 Å². The third-order valence-electron chi connectivity index (χ3n) is 9.25. The maximum atomic E-state index is 16.0. The molecule has 5 N–H and O–H groups in total. The van der Waals surface area contributed by atoms with Gasteiger partial charge in [0.2, 0.25) is 5.43 Å². The summed E-state index contributed by atoms with van der Waals surface area (Å²) in [6.45, 7) is 1.44. The number of amides is 1. The second kappa shape index (κ2) is 14.9. The molecular weight excluding hydrogens is 757 g/mol. The maximum Gasteiger partial charge on any atom is 0.352 e. The van der Waals surface area contributed by atoms with Crippen molar-refractivity contribution in [3.63, 3.8) is 0 Å². The summed E-state index contributed by atoms with van der Waals surface area (Å²) < 4.78 is 32.9. The number of carboxylic acid groups (broad SMARTS) is 2. The predicted molar refractivity (Wildman–Crippen MR) is 198 cm³/mol. The second-order valence-electron chi connectivity index (χ2n) is 12.6. The number of nitrogens with one attached hydrogen (secondary N) is 1. The lowest BCUT2D eigenvalue weighted by Gasteiger charge is -2.52. The third-order valence-corrected chi connectivity index (χ3v) is 12.1. The fourth-order valence-electron chi connectivity index (χ4n) is 6.58. The Hall–Kier alpha value is -4.89. The summed E-state index contributed by atoms with van der Waals surface area (Å²) in [6, 6.07) is 0.433. The van der Waals surface area contributed by atoms with Gasteiger partial charge in [-0.15, -0.1) is 34.9 Å². The molecule has 0 bridgehead atoms. The molecule has 2 atom stereocenters. The summed E-state index contributed by atoms with van der Waals surface area (Å²) in [5.74, 6) is -4.06. The monoisotopic (exact) mass is 789 g/mol. The number of carboxylic acids is 2. The summed E-state index contributed by atoms with van der Waals surface area (Å²) in [6.07, 6.45) is 2.54. The number of piperazine rings is 1. The van der Waals surface area contributed by atoms with Crippen molar-refractivity contribution >= 4 is 85.7 Å². The number of aromatic carboxylic acids is 1. The van der Waals surface area contributed by atoms with Crippen molar-refractivity contribution in [2.45, 2.75) is 30.3 Å². The van der Waals surface area contributed by atoms with Gasteiger partial charge in [-0.3, -0.25) is 14.6 Å². The number of aliphatic carboxylic acids is 1. The number of nitrogens with zero attached hydrogens (tertiary/aromatic N) is 7. The molecule has 53 heavy (non-hydrogen) atoms. The Labute approximate surface area is 312 Å². The number of aromatic nitrogens is 2. The van der Waals surface area contributed by atoms with E-state index in [0.29, 0.717) is 43.0 Å². The Morgan fingerprint density at radius 2 is 1.94 bits per heavy atom. The topological polar surface area (TPSA) is 208 Å². The fourth-order valence-corrected chi connectivity index (χ4v) is 9.34. The number of pyridine rings is 1. The molecule has 16 nitrogen and oxygen atoms in total. The molecule has 2 saturated heterocycles. The van der Waals surface area contributed by atoms with Crippen molar-refractivity contribution in [2.75, 3.05) is 62.0 Å².